The van der Waals surface area contributed by atoms with E-state index in [0.717, 1.165) is 25.3 Å². The number of nitro benzene ring substituents is 1. The van der Waals surface area contributed by atoms with Crippen molar-refractivity contribution in [1.29, 1.82) is 0 Å². The second-order valence-electron chi connectivity index (χ2n) is 5.38. The average molecular weight is 263 g/mol. The lowest BCUT2D eigenvalue weighted by molar-refractivity contribution is -0.384. The molecule has 0 radical (unpaired) electrons. The van der Waals surface area contributed by atoms with Crippen molar-refractivity contribution in [1.82, 2.24) is 4.90 Å². The number of nitro groups is 1. The molecule has 1 atom stereocenters. The molecule has 1 fully saturated rings. The van der Waals surface area contributed by atoms with Crippen LogP contribution in [0.15, 0.2) is 24.3 Å². The minimum absolute atomic E-state index is 0.201. The van der Waals surface area contributed by atoms with Gasteiger partial charge in [0.2, 0.25) is 0 Å². The summed E-state index contributed by atoms with van der Waals surface area (Å²) in [5.74, 6) is 0. The number of benzene rings is 1. The van der Waals surface area contributed by atoms with E-state index in [1.54, 1.807) is 12.1 Å². The highest BCUT2D eigenvalue weighted by Gasteiger charge is 2.28. The fraction of sp³-hybridized carbons (Fsp3) is 0.571. The van der Waals surface area contributed by atoms with Gasteiger partial charge < -0.3 is 4.90 Å². The molecule has 0 saturated carbocycles. The van der Waals surface area contributed by atoms with Crippen LogP contribution in [0.3, 0.4) is 0 Å². The molecular weight excluding hydrogens is 242 g/mol. The second-order valence-corrected chi connectivity index (χ2v) is 5.38. The molecule has 1 heterocycles. The fourth-order valence-corrected chi connectivity index (χ4v) is 2.67. The molecule has 5 nitrogen and oxygen atoms in total. The van der Waals surface area contributed by atoms with Gasteiger partial charge in [0.1, 0.15) is 5.69 Å². The Bertz CT molecular complexity index is 462. The first-order valence-corrected chi connectivity index (χ1v) is 6.75. The Balaban J connectivity index is 2.22. The van der Waals surface area contributed by atoms with Gasteiger partial charge in [-0.05, 0) is 26.8 Å². The lowest BCUT2D eigenvalue weighted by Gasteiger charge is -2.42. The van der Waals surface area contributed by atoms with Crippen LogP contribution in [0.4, 0.5) is 11.4 Å². The molecule has 1 aromatic carbocycles. The molecule has 0 aliphatic carbocycles. The van der Waals surface area contributed by atoms with Crippen molar-refractivity contribution < 1.29 is 4.92 Å². The normalized spacial score (nSPS) is 20.8. The van der Waals surface area contributed by atoms with Gasteiger partial charge in [0.25, 0.3) is 5.69 Å². The van der Waals surface area contributed by atoms with Gasteiger partial charge in [-0.2, -0.15) is 0 Å². The van der Waals surface area contributed by atoms with Gasteiger partial charge in [-0.25, -0.2) is 0 Å². The Kier molecular flexibility index (Phi) is 4.04. The van der Waals surface area contributed by atoms with Crippen LogP contribution in [0.1, 0.15) is 20.8 Å². The number of hydrogen-bond acceptors (Lipinski definition) is 4. The molecule has 1 unspecified atom stereocenters. The van der Waals surface area contributed by atoms with E-state index < -0.39 is 0 Å². The maximum atomic E-state index is 11.1. The third kappa shape index (κ3) is 2.87. The summed E-state index contributed by atoms with van der Waals surface area (Å²) in [5, 5.41) is 11.1. The van der Waals surface area contributed by atoms with Gasteiger partial charge in [0.05, 0.1) is 4.92 Å². The summed E-state index contributed by atoms with van der Waals surface area (Å²) in [6.07, 6.45) is 0. The third-order valence-corrected chi connectivity index (χ3v) is 3.78. The number of anilines is 1. The predicted octanol–water partition coefficient (Wildman–Crippen LogP) is 2.51. The van der Waals surface area contributed by atoms with Crippen LogP contribution in [-0.4, -0.2) is 41.5 Å². The van der Waals surface area contributed by atoms with E-state index in [9.17, 15) is 10.1 Å². The van der Waals surface area contributed by atoms with Crippen LogP contribution in [0.2, 0.25) is 0 Å². The SMILES string of the molecule is CC(C)N1CCN(c2ccccc2[N+](=O)[O-])C(C)C1. The molecule has 1 aliphatic heterocycles. The smallest absolute Gasteiger partial charge is 0.292 e. The summed E-state index contributed by atoms with van der Waals surface area (Å²) in [4.78, 5) is 15.4. The molecule has 5 heteroatoms. The molecule has 104 valence electrons. The first-order valence-electron chi connectivity index (χ1n) is 6.75. The van der Waals surface area contributed by atoms with E-state index in [0.29, 0.717) is 6.04 Å². The highest BCUT2D eigenvalue weighted by atomic mass is 16.6. The van der Waals surface area contributed by atoms with E-state index in [1.807, 2.05) is 12.1 Å². The zero-order valence-corrected chi connectivity index (χ0v) is 11.7. The van der Waals surface area contributed by atoms with Crippen LogP contribution < -0.4 is 4.90 Å². The van der Waals surface area contributed by atoms with Gasteiger partial charge in [-0.1, -0.05) is 12.1 Å². The van der Waals surface area contributed by atoms with Crippen LogP contribution in [0.25, 0.3) is 0 Å². The molecule has 0 N–H and O–H groups in total. The lowest BCUT2D eigenvalue weighted by Crippen LogP contribution is -2.54. The summed E-state index contributed by atoms with van der Waals surface area (Å²) < 4.78 is 0. The van der Waals surface area contributed by atoms with Gasteiger partial charge in [0.15, 0.2) is 0 Å². The van der Waals surface area contributed by atoms with E-state index in [4.69, 9.17) is 0 Å². The van der Waals surface area contributed by atoms with Crippen molar-refractivity contribution >= 4 is 11.4 Å². The fourth-order valence-electron chi connectivity index (χ4n) is 2.67. The number of rotatable bonds is 3. The molecule has 0 spiro atoms. The van der Waals surface area contributed by atoms with Gasteiger partial charge in [-0.3, -0.25) is 15.0 Å². The molecule has 0 amide bonds. The predicted molar refractivity (Wildman–Crippen MR) is 76.6 cm³/mol. The molecule has 1 aromatic rings. The highest BCUT2D eigenvalue weighted by Crippen LogP contribution is 2.30. The molecule has 1 aliphatic rings. The summed E-state index contributed by atoms with van der Waals surface area (Å²) in [7, 11) is 0. The van der Waals surface area contributed by atoms with E-state index in [2.05, 4.69) is 30.6 Å². The maximum absolute atomic E-state index is 11.1. The van der Waals surface area contributed by atoms with Gasteiger partial charge >= 0.3 is 0 Å². The first kappa shape index (κ1) is 13.8. The molecular formula is C14H21N3O2. The quantitative estimate of drug-likeness (QED) is 0.621. The molecule has 2 rings (SSSR count). The third-order valence-electron chi connectivity index (χ3n) is 3.78. The van der Waals surface area contributed by atoms with Crippen LogP contribution in [0.5, 0.6) is 0 Å². The minimum Gasteiger partial charge on any atom is -0.361 e. The van der Waals surface area contributed by atoms with Gasteiger partial charge in [0, 0.05) is 37.8 Å². The van der Waals surface area contributed by atoms with Crippen molar-refractivity contribution in [3.05, 3.63) is 34.4 Å². The Hall–Kier alpha value is -1.62. The van der Waals surface area contributed by atoms with Crippen LogP contribution >= 0.6 is 0 Å². The van der Waals surface area contributed by atoms with Crippen molar-refractivity contribution in [2.24, 2.45) is 0 Å². The number of para-hydroxylation sites is 2. The Morgan fingerprint density at radius 1 is 1.32 bits per heavy atom. The molecule has 0 bridgehead atoms. The molecule has 0 aromatic heterocycles. The van der Waals surface area contributed by atoms with Crippen molar-refractivity contribution in [2.45, 2.75) is 32.9 Å². The molecule has 1 saturated heterocycles. The Morgan fingerprint density at radius 3 is 2.58 bits per heavy atom. The van der Waals surface area contributed by atoms with Crippen molar-refractivity contribution in [3.63, 3.8) is 0 Å². The zero-order valence-electron chi connectivity index (χ0n) is 11.7. The summed E-state index contributed by atoms with van der Waals surface area (Å²) in [6.45, 7) is 9.24. The van der Waals surface area contributed by atoms with E-state index >= 15 is 0 Å². The summed E-state index contributed by atoms with van der Waals surface area (Å²) in [5.41, 5.74) is 0.941. The standard InChI is InChI=1S/C14H21N3O2/c1-11(2)15-8-9-16(12(3)10-15)13-6-4-5-7-14(13)17(18)19/h4-7,11-12H,8-10H2,1-3H3. The largest absolute Gasteiger partial charge is 0.361 e. The van der Waals surface area contributed by atoms with E-state index in [1.165, 1.54) is 0 Å². The zero-order chi connectivity index (χ0) is 14.0. The maximum Gasteiger partial charge on any atom is 0.292 e. The lowest BCUT2D eigenvalue weighted by atomic mass is 10.1. The summed E-state index contributed by atoms with van der Waals surface area (Å²) >= 11 is 0. The monoisotopic (exact) mass is 263 g/mol. The van der Waals surface area contributed by atoms with Crippen molar-refractivity contribution in [2.75, 3.05) is 24.5 Å². The highest BCUT2D eigenvalue weighted by molar-refractivity contribution is 5.63. The van der Waals surface area contributed by atoms with E-state index in [-0.39, 0.29) is 16.7 Å². The Morgan fingerprint density at radius 2 is 2.00 bits per heavy atom. The number of nitrogens with zero attached hydrogens (tertiary/aromatic N) is 3. The summed E-state index contributed by atoms with van der Waals surface area (Å²) in [6, 6.07) is 7.82. The molecule has 19 heavy (non-hydrogen) atoms. The second kappa shape index (κ2) is 5.57. The minimum atomic E-state index is -0.295. The van der Waals surface area contributed by atoms with Crippen LogP contribution in [-0.2, 0) is 0 Å². The van der Waals surface area contributed by atoms with Crippen LogP contribution in [0, 0.1) is 10.1 Å². The first-order chi connectivity index (χ1) is 9.00. The van der Waals surface area contributed by atoms with Crippen molar-refractivity contribution in [3.8, 4) is 0 Å². The topological polar surface area (TPSA) is 49.6 Å². The average Bonchev–Trinajstić information content (AvgIpc) is 2.38. The number of hydrogen-bond donors (Lipinski definition) is 0. The van der Waals surface area contributed by atoms with Gasteiger partial charge in [-0.15, -0.1) is 0 Å². The number of piperazine rings is 1. The Labute approximate surface area is 114 Å².